The molecule has 0 saturated heterocycles. The number of hydrogen-bond acceptors (Lipinski definition) is 4. The first-order valence-corrected chi connectivity index (χ1v) is 7.38. The Morgan fingerprint density at radius 2 is 2.25 bits per heavy atom. The molecule has 0 unspecified atom stereocenters. The zero-order valence-electron chi connectivity index (χ0n) is 11.5. The molecule has 1 N–H and O–H groups in total. The summed E-state index contributed by atoms with van der Waals surface area (Å²) in [7, 11) is 0. The average molecular weight is 291 g/mol. The van der Waals surface area contributed by atoms with Crippen LogP contribution in [0.3, 0.4) is 0 Å². The fraction of sp³-hybridized carbons (Fsp3) is 0.357. The summed E-state index contributed by atoms with van der Waals surface area (Å²) < 4.78 is 2.07. The van der Waals surface area contributed by atoms with Gasteiger partial charge in [0.05, 0.1) is 12.3 Å². The summed E-state index contributed by atoms with van der Waals surface area (Å²) in [5.41, 5.74) is 3.39. The summed E-state index contributed by atoms with van der Waals surface area (Å²) in [5, 5.41) is 9.54. The van der Waals surface area contributed by atoms with Gasteiger partial charge in [-0.15, -0.1) is 0 Å². The van der Waals surface area contributed by atoms with Crippen molar-refractivity contribution in [2.24, 2.45) is 0 Å². The molecule has 2 aromatic rings. The normalized spacial score (nSPS) is 10.7. The van der Waals surface area contributed by atoms with Crippen LogP contribution in [0, 0.1) is 6.92 Å². The second kappa shape index (κ2) is 6.56. The fourth-order valence-electron chi connectivity index (χ4n) is 1.92. The van der Waals surface area contributed by atoms with Gasteiger partial charge in [-0.05, 0) is 30.5 Å². The van der Waals surface area contributed by atoms with Crippen LogP contribution in [0.2, 0.25) is 0 Å². The van der Waals surface area contributed by atoms with Gasteiger partial charge in [0.25, 0.3) is 0 Å². The van der Waals surface area contributed by atoms with E-state index >= 15 is 0 Å². The molecule has 2 aromatic heterocycles. The van der Waals surface area contributed by atoms with Gasteiger partial charge in [-0.25, -0.2) is 4.98 Å². The average Bonchev–Trinajstić information content (AvgIpc) is 2.81. The summed E-state index contributed by atoms with van der Waals surface area (Å²) in [4.78, 5) is 19.2. The van der Waals surface area contributed by atoms with Crippen molar-refractivity contribution in [1.82, 2.24) is 14.5 Å². The molecule has 2 rings (SSSR count). The third kappa shape index (κ3) is 3.39. The number of rotatable bonds is 6. The quantitative estimate of drug-likeness (QED) is 0.828. The summed E-state index contributed by atoms with van der Waals surface area (Å²) in [6.45, 7) is 4.78. The number of aliphatic carboxylic acids is 1. The van der Waals surface area contributed by atoms with Crippen molar-refractivity contribution in [2.75, 3.05) is 5.75 Å². The molecule has 0 aliphatic heterocycles. The number of thioether (sulfide) groups is 1. The maximum atomic E-state index is 10.7. The minimum Gasteiger partial charge on any atom is -0.481 e. The maximum Gasteiger partial charge on any atom is 0.313 e. The number of pyridine rings is 1. The third-order valence-electron chi connectivity index (χ3n) is 3.06. The fourth-order valence-corrected chi connectivity index (χ4v) is 2.63. The first-order valence-electron chi connectivity index (χ1n) is 6.40. The van der Waals surface area contributed by atoms with E-state index in [1.54, 1.807) is 6.20 Å². The minimum absolute atomic E-state index is 0.0200. The SMILES string of the molecule is CCc1cnc(SCC(=O)O)n1Cc1cnccc1C. The molecule has 2 heterocycles. The first kappa shape index (κ1) is 14.6. The summed E-state index contributed by atoms with van der Waals surface area (Å²) >= 11 is 1.25. The molecule has 0 aliphatic carbocycles. The highest BCUT2D eigenvalue weighted by Crippen LogP contribution is 2.21. The second-order valence-corrected chi connectivity index (χ2v) is 5.40. The molecular formula is C14H17N3O2S. The molecule has 0 spiro atoms. The largest absolute Gasteiger partial charge is 0.481 e. The van der Waals surface area contributed by atoms with Crippen molar-refractivity contribution >= 4 is 17.7 Å². The molecule has 0 bridgehead atoms. The number of imidazole rings is 1. The molecule has 0 radical (unpaired) electrons. The van der Waals surface area contributed by atoms with Crippen LogP contribution in [0.1, 0.15) is 23.7 Å². The third-order valence-corrected chi connectivity index (χ3v) is 4.04. The smallest absolute Gasteiger partial charge is 0.313 e. The lowest BCUT2D eigenvalue weighted by Gasteiger charge is -2.12. The highest BCUT2D eigenvalue weighted by atomic mass is 32.2. The maximum absolute atomic E-state index is 10.7. The Bertz CT molecular complexity index is 610. The van der Waals surface area contributed by atoms with Crippen molar-refractivity contribution in [2.45, 2.75) is 32.0 Å². The van der Waals surface area contributed by atoms with E-state index in [1.807, 2.05) is 25.4 Å². The summed E-state index contributed by atoms with van der Waals surface area (Å²) in [6.07, 6.45) is 6.30. The van der Waals surface area contributed by atoms with Gasteiger partial charge in [-0.2, -0.15) is 0 Å². The van der Waals surface area contributed by atoms with Crippen LogP contribution in [-0.4, -0.2) is 31.4 Å². The Labute approximate surface area is 122 Å². The predicted molar refractivity (Wildman–Crippen MR) is 78.0 cm³/mol. The second-order valence-electron chi connectivity index (χ2n) is 4.46. The van der Waals surface area contributed by atoms with Crippen LogP contribution in [0.5, 0.6) is 0 Å². The van der Waals surface area contributed by atoms with Crippen molar-refractivity contribution < 1.29 is 9.90 Å². The van der Waals surface area contributed by atoms with Crippen LogP contribution >= 0.6 is 11.8 Å². The molecule has 0 aromatic carbocycles. The lowest BCUT2D eigenvalue weighted by Crippen LogP contribution is -2.08. The number of carboxylic acid groups (broad SMARTS) is 1. The Hall–Kier alpha value is -1.82. The van der Waals surface area contributed by atoms with Crippen LogP contribution in [-0.2, 0) is 17.8 Å². The van der Waals surface area contributed by atoms with Crippen LogP contribution in [0.4, 0.5) is 0 Å². The molecule has 5 nitrogen and oxygen atoms in total. The van der Waals surface area contributed by atoms with Gasteiger partial charge in [0.15, 0.2) is 5.16 Å². The Balaban J connectivity index is 2.27. The Morgan fingerprint density at radius 3 is 2.90 bits per heavy atom. The van der Waals surface area contributed by atoms with Crippen LogP contribution < -0.4 is 0 Å². The van der Waals surface area contributed by atoms with Crippen molar-refractivity contribution in [3.8, 4) is 0 Å². The minimum atomic E-state index is -0.833. The number of hydrogen-bond donors (Lipinski definition) is 1. The molecule has 0 amide bonds. The molecule has 0 saturated carbocycles. The number of aryl methyl sites for hydroxylation is 2. The number of carboxylic acids is 1. The van der Waals surface area contributed by atoms with E-state index in [-0.39, 0.29) is 5.75 Å². The zero-order chi connectivity index (χ0) is 14.5. The van der Waals surface area contributed by atoms with Gasteiger partial charge < -0.3 is 9.67 Å². The highest BCUT2D eigenvalue weighted by Gasteiger charge is 2.12. The zero-order valence-corrected chi connectivity index (χ0v) is 12.4. The Kier molecular flexibility index (Phi) is 4.79. The van der Waals surface area contributed by atoms with Crippen LogP contribution in [0.15, 0.2) is 29.8 Å². The number of aromatic nitrogens is 3. The predicted octanol–water partition coefficient (Wildman–Crippen LogP) is 2.37. The van der Waals surface area contributed by atoms with Gasteiger partial charge in [0.2, 0.25) is 0 Å². The van der Waals surface area contributed by atoms with Gasteiger partial charge in [0, 0.05) is 24.3 Å². The molecule has 0 atom stereocenters. The van der Waals surface area contributed by atoms with E-state index in [4.69, 9.17) is 5.11 Å². The first-order chi connectivity index (χ1) is 9.61. The van der Waals surface area contributed by atoms with Crippen molar-refractivity contribution in [3.63, 3.8) is 0 Å². The van der Waals surface area contributed by atoms with E-state index in [9.17, 15) is 4.79 Å². The van der Waals surface area contributed by atoms with Crippen molar-refractivity contribution in [1.29, 1.82) is 0 Å². The van der Waals surface area contributed by atoms with E-state index in [2.05, 4.69) is 21.5 Å². The van der Waals surface area contributed by atoms with Crippen LogP contribution in [0.25, 0.3) is 0 Å². The number of nitrogens with zero attached hydrogens (tertiary/aromatic N) is 3. The number of carbonyl (C=O) groups is 1. The lowest BCUT2D eigenvalue weighted by molar-refractivity contribution is -0.133. The lowest BCUT2D eigenvalue weighted by atomic mass is 10.1. The monoisotopic (exact) mass is 291 g/mol. The molecular weight excluding hydrogens is 274 g/mol. The standard InChI is InChI=1S/C14H17N3O2S/c1-3-12-7-16-14(20-9-13(18)19)17(12)8-11-6-15-5-4-10(11)2/h4-7H,3,8-9H2,1-2H3,(H,18,19). The summed E-state index contributed by atoms with van der Waals surface area (Å²) in [6, 6.07) is 1.97. The van der Waals surface area contributed by atoms with E-state index < -0.39 is 5.97 Å². The molecule has 106 valence electrons. The van der Waals surface area contributed by atoms with E-state index in [0.717, 1.165) is 22.8 Å². The summed E-state index contributed by atoms with van der Waals surface area (Å²) in [5.74, 6) is -0.813. The van der Waals surface area contributed by atoms with Gasteiger partial charge in [-0.1, -0.05) is 18.7 Å². The molecule has 0 aliphatic rings. The van der Waals surface area contributed by atoms with E-state index in [0.29, 0.717) is 6.54 Å². The van der Waals surface area contributed by atoms with Gasteiger partial charge in [-0.3, -0.25) is 9.78 Å². The Morgan fingerprint density at radius 1 is 1.45 bits per heavy atom. The molecule has 0 fully saturated rings. The van der Waals surface area contributed by atoms with E-state index in [1.165, 1.54) is 17.3 Å². The topological polar surface area (TPSA) is 68.0 Å². The molecule has 20 heavy (non-hydrogen) atoms. The van der Waals surface area contributed by atoms with Crippen molar-refractivity contribution in [3.05, 3.63) is 41.5 Å². The highest BCUT2D eigenvalue weighted by molar-refractivity contribution is 7.99. The van der Waals surface area contributed by atoms with Gasteiger partial charge >= 0.3 is 5.97 Å². The molecule has 6 heteroatoms. The van der Waals surface area contributed by atoms with Gasteiger partial charge in [0.1, 0.15) is 0 Å².